The summed E-state index contributed by atoms with van der Waals surface area (Å²) in [5.74, 6) is 12.3. The smallest absolute Gasteiger partial charge is 0.335 e. The van der Waals surface area contributed by atoms with Crippen molar-refractivity contribution in [2.75, 3.05) is 13.1 Å². The molecule has 7 heteroatoms. The highest BCUT2D eigenvalue weighted by molar-refractivity contribution is 5.94. The van der Waals surface area contributed by atoms with E-state index in [-0.39, 0.29) is 23.1 Å². The topological polar surface area (TPSA) is 92.4 Å². The van der Waals surface area contributed by atoms with Gasteiger partial charge in [0.05, 0.1) is 5.56 Å². The van der Waals surface area contributed by atoms with E-state index >= 15 is 0 Å². The normalized spacial score (nSPS) is 17.2. The number of benzene rings is 4. The Morgan fingerprint density at radius 3 is 1.30 bits per heavy atom. The standard InChI is InChI=1S/C25H26FNO.C15H9FO2.C10H19N/c26-23-13-9-20(10-14-23)4-3-19-7-11-22(12-8-19)24(28)27-18-25(15-1-2-16-25)17-21-5-6-21;16-14-9-5-12(6-10-14)2-1-11-3-7-13(8-4-11)15(17)18;11-8-10(5-1-2-6-10)7-9-3-4-9/h7-14,21H,1-2,5-6,15-18H2,(H,27,28);3-10H,(H,17,18);9H,1-8,11H2. The molecule has 0 atom stereocenters. The third-order valence-electron chi connectivity index (χ3n) is 11.9. The predicted molar refractivity (Wildman–Crippen MR) is 222 cm³/mol. The van der Waals surface area contributed by atoms with Gasteiger partial charge in [-0.25, -0.2) is 13.6 Å². The average Bonchev–Trinajstić information content (AvgIpc) is 4.14. The first-order valence-corrected chi connectivity index (χ1v) is 20.6. The second-order valence-electron chi connectivity index (χ2n) is 16.6. The van der Waals surface area contributed by atoms with E-state index in [2.05, 4.69) is 29.0 Å². The van der Waals surface area contributed by atoms with Crippen LogP contribution in [0.1, 0.15) is 133 Å². The number of aromatic carboxylic acids is 1. The van der Waals surface area contributed by atoms with Gasteiger partial charge in [0.15, 0.2) is 0 Å². The Labute approximate surface area is 336 Å². The maximum Gasteiger partial charge on any atom is 0.335 e. The molecule has 57 heavy (non-hydrogen) atoms. The molecule has 296 valence electrons. The van der Waals surface area contributed by atoms with E-state index in [4.69, 9.17) is 10.8 Å². The summed E-state index contributed by atoms with van der Waals surface area (Å²) < 4.78 is 25.6. The molecule has 0 bridgehead atoms. The number of hydrogen-bond acceptors (Lipinski definition) is 3. The van der Waals surface area contributed by atoms with Crippen LogP contribution in [0.2, 0.25) is 0 Å². The Morgan fingerprint density at radius 2 is 0.930 bits per heavy atom. The lowest BCUT2D eigenvalue weighted by Gasteiger charge is -2.29. The lowest BCUT2D eigenvalue weighted by Crippen LogP contribution is -2.36. The van der Waals surface area contributed by atoms with E-state index in [9.17, 15) is 18.4 Å². The first kappa shape index (κ1) is 41.4. The molecule has 4 aliphatic carbocycles. The van der Waals surface area contributed by atoms with Crippen LogP contribution in [0.15, 0.2) is 97.1 Å². The second kappa shape index (κ2) is 19.8. The minimum Gasteiger partial charge on any atom is -0.478 e. The summed E-state index contributed by atoms with van der Waals surface area (Å²) in [6, 6.07) is 25.6. The van der Waals surface area contributed by atoms with Crippen molar-refractivity contribution >= 4 is 11.9 Å². The molecule has 4 N–H and O–H groups in total. The van der Waals surface area contributed by atoms with Gasteiger partial charge in [-0.05, 0) is 165 Å². The number of hydrogen-bond donors (Lipinski definition) is 3. The van der Waals surface area contributed by atoms with Crippen molar-refractivity contribution < 1.29 is 23.5 Å². The third-order valence-corrected chi connectivity index (χ3v) is 11.9. The number of nitrogens with two attached hydrogens (primary N) is 1. The zero-order valence-electron chi connectivity index (χ0n) is 32.8. The molecular formula is C50H54F2N2O3. The first-order valence-electron chi connectivity index (χ1n) is 20.6. The predicted octanol–water partition coefficient (Wildman–Crippen LogP) is 10.5. The number of amides is 1. The zero-order chi connectivity index (χ0) is 40.1. The van der Waals surface area contributed by atoms with Crippen LogP contribution in [0.3, 0.4) is 0 Å². The van der Waals surface area contributed by atoms with Crippen LogP contribution < -0.4 is 11.1 Å². The summed E-state index contributed by atoms with van der Waals surface area (Å²) in [7, 11) is 0. The van der Waals surface area contributed by atoms with Gasteiger partial charge in [0.1, 0.15) is 11.6 Å². The van der Waals surface area contributed by atoms with Crippen molar-refractivity contribution in [1.29, 1.82) is 0 Å². The monoisotopic (exact) mass is 768 g/mol. The van der Waals surface area contributed by atoms with Crippen molar-refractivity contribution in [1.82, 2.24) is 5.32 Å². The second-order valence-corrected chi connectivity index (χ2v) is 16.6. The molecule has 0 radical (unpaired) electrons. The SMILES string of the molecule is NCC1(CC2CC2)CCCC1.O=C(NCC1(CC2CC2)CCCC1)c1ccc(C#Cc2ccc(F)cc2)cc1.O=C(O)c1ccc(C#Cc2ccc(F)cc2)cc1. The highest BCUT2D eigenvalue weighted by Crippen LogP contribution is 2.49. The van der Waals surface area contributed by atoms with Crippen molar-refractivity contribution in [3.63, 3.8) is 0 Å². The zero-order valence-corrected chi connectivity index (χ0v) is 32.8. The van der Waals surface area contributed by atoms with Crippen molar-refractivity contribution in [2.24, 2.45) is 28.4 Å². The molecule has 4 fully saturated rings. The van der Waals surface area contributed by atoms with Crippen LogP contribution in [0.4, 0.5) is 8.78 Å². The van der Waals surface area contributed by atoms with Gasteiger partial charge in [0.2, 0.25) is 0 Å². The van der Waals surface area contributed by atoms with E-state index in [0.717, 1.165) is 36.1 Å². The molecule has 4 aliphatic rings. The molecule has 0 spiro atoms. The van der Waals surface area contributed by atoms with E-state index in [0.29, 0.717) is 27.5 Å². The molecule has 4 aromatic carbocycles. The summed E-state index contributed by atoms with van der Waals surface area (Å²) in [4.78, 5) is 23.2. The first-order chi connectivity index (χ1) is 27.6. The van der Waals surface area contributed by atoms with E-state index < -0.39 is 5.97 Å². The Kier molecular flexibility index (Phi) is 14.3. The van der Waals surface area contributed by atoms with Crippen LogP contribution in [0.5, 0.6) is 0 Å². The Hall–Kier alpha value is -5.24. The molecule has 0 heterocycles. The van der Waals surface area contributed by atoms with Gasteiger partial charge in [0, 0.05) is 34.4 Å². The number of carbonyl (C=O) groups excluding carboxylic acids is 1. The fraction of sp³-hybridized carbons (Fsp3) is 0.400. The summed E-state index contributed by atoms with van der Waals surface area (Å²) in [6.45, 7) is 1.75. The molecule has 4 saturated carbocycles. The van der Waals surface area contributed by atoms with E-state index in [1.807, 2.05) is 24.3 Å². The molecule has 0 aromatic heterocycles. The summed E-state index contributed by atoms with van der Waals surface area (Å²) in [5.41, 5.74) is 10.7. The molecule has 0 aliphatic heterocycles. The molecule has 0 unspecified atom stereocenters. The number of carboxylic acid groups (broad SMARTS) is 1. The fourth-order valence-electron chi connectivity index (χ4n) is 8.19. The summed E-state index contributed by atoms with van der Waals surface area (Å²) >= 11 is 0. The van der Waals surface area contributed by atoms with Crippen LogP contribution >= 0.6 is 0 Å². The van der Waals surface area contributed by atoms with Crippen LogP contribution in [-0.2, 0) is 0 Å². The quantitative estimate of drug-likeness (QED) is 0.148. The van der Waals surface area contributed by atoms with Gasteiger partial charge in [0.25, 0.3) is 5.91 Å². The molecule has 5 nitrogen and oxygen atoms in total. The number of rotatable bonds is 9. The van der Waals surface area contributed by atoms with Gasteiger partial charge in [-0.2, -0.15) is 0 Å². The molecular weight excluding hydrogens is 715 g/mol. The largest absolute Gasteiger partial charge is 0.478 e. The number of carbonyl (C=O) groups is 2. The van der Waals surface area contributed by atoms with Crippen LogP contribution in [-0.4, -0.2) is 30.1 Å². The van der Waals surface area contributed by atoms with Crippen LogP contribution in [0, 0.1) is 58.0 Å². The Bertz CT molecular complexity index is 2050. The molecule has 4 aromatic rings. The highest BCUT2D eigenvalue weighted by Gasteiger charge is 2.39. The molecule has 8 rings (SSSR count). The average molecular weight is 769 g/mol. The maximum atomic E-state index is 12.9. The van der Waals surface area contributed by atoms with E-state index in [1.54, 1.807) is 36.4 Å². The lowest BCUT2D eigenvalue weighted by atomic mass is 9.80. The highest BCUT2D eigenvalue weighted by atomic mass is 19.1. The molecule has 1 amide bonds. The Morgan fingerprint density at radius 1 is 0.579 bits per heavy atom. The molecule has 0 saturated heterocycles. The number of halogens is 2. The lowest BCUT2D eigenvalue weighted by molar-refractivity contribution is 0.0696. The van der Waals surface area contributed by atoms with Crippen molar-refractivity contribution in [3.05, 3.63) is 142 Å². The van der Waals surface area contributed by atoms with Gasteiger partial charge in [-0.1, -0.05) is 75.0 Å². The minimum absolute atomic E-state index is 0.000107. The number of carboxylic acids is 1. The van der Waals surface area contributed by atoms with Gasteiger partial charge < -0.3 is 16.2 Å². The Balaban J connectivity index is 0.000000161. The number of nitrogens with one attached hydrogen (secondary N) is 1. The maximum absolute atomic E-state index is 12.9. The summed E-state index contributed by atoms with van der Waals surface area (Å²) in [5, 5.41) is 11.9. The van der Waals surface area contributed by atoms with Gasteiger partial charge in [-0.3, -0.25) is 4.79 Å². The van der Waals surface area contributed by atoms with Crippen molar-refractivity contribution in [3.8, 4) is 23.7 Å². The van der Waals surface area contributed by atoms with E-state index in [1.165, 1.54) is 126 Å². The summed E-state index contributed by atoms with van der Waals surface area (Å²) in [6.07, 6.45) is 19.2. The van der Waals surface area contributed by atoms with Crippen molar-refractivity contribution in [2.45, 2.75) is 89.9 Å². The van der Waals surface area contributed by atoms with Gasteiger partial charge >= 0.3 is 5.97 Å². The third kappa shape index (κ3) is 13.2. The minimum atomic E-state index is -0.965. The van der Waals surface area contributed by atoms with Crippen LogP contribution in [0.25, 0.3) is 0 Å². The fourth-order valence-corrected chi connectivity index (χ4v) is 8.19. The van der Waals surface area contributed by atoms with Gasteiger partial charge in [-0.15, -0.1) is 0 Å².